The summed E-state index contributed by atoms with van der Waals surface area (Å²) in [6.07, 6.45) is -0.719. The van der Waals surface area contributed by atoms with Gasteiger partial charge in [-0.25, -0.2) is 0 Å². The Hall–Kier alpha value is -2.05. The largest absolute Gasteiger partial charge is 0.573 e. The number of halogens is 3. The Morgan fingerprint density at radius 3 is 2.31 bits per heavy atom. The van der Waals surface area contributed by atoms with Crippen molar-refractivity contribution < 1.29 is 23.0 Å². The smallest absolute Gasteiger partial charge is 0.406 e. The van der Waals surface area contributed by atoms with Crippen LogP contribution in [0.3, 0.4) is 0 Å². The molecule has 0 amide bonds. The second-order valence-corrected chi connectivity index (χ2v) is 8.14. The van der Waals surface area contributed by atoms with Crippen molar-refractivity contribution >= 4 is 0 Å². The third-order valence-electron chi connectivity index (χ3n) is 5.81. The maximum atomic E-state index is 12.4. The highest BCUT2D eigenvalue weighted by molar-refractivity contribution is 5.29. The van der Waals surface area contributed by atoms with Crippen LogP contribution in [0.25, 0.3) is 0 Å². The van der Waals surface area contributed by atoms with Crippen molar-refractivity contribution in [3.05, 3.63) is 65.7 Å². The molecule has 0 bridgehead atoms. The van der Waals surface area contributed by atoms with Crippen LogP contribution in [0, 0.1) is 5.92 Å². The third kappa shape index (κ3) is 5.52. The lowest BCUT2D eigenvalue weighted by Gasteiger charge is -2.46. The summed E-state index contributed by atoms with van der Waals surface area (Å²) in [6.45, 7) is 0. The zero-order valence-corrected chi connectivity index (χ0v) is 16.8. The van der Waals surface area contributed by atoms with Gasteiger partial charge in [0.15, 0.2) is 0 Å². The molecule has 158 valence electrons. The van der Waals surface area contributed by atoms with Gasteiger partial charge in [-0.3, -0.25) is 0 Å². The molecular weight excluding hydrogens is 379 g/mol. The molecule has 2 aromatic carbocycles. The Bertz CT molecular complexity index is 777. The lowest BCUT2D eigenvalue weighted by molar-refractivity contribution is -0.274. The summed E-state index contributed by atoms with van der Waals surface area (Å²) in [6, 6.07) is 16.1. The Morgan fingerprint density at radius 2 is 1.72 bits per heavy atom. The van der Waals surface area contributed by atoms with Crippen molar-refractivity contribution in [2.45, 2.75) is 50.1 Å². The molecule has 0 radical (unpaired) electrons. The van der Waals surface area contributed by atoms with Gasteiger partial charge in [0.25, 0.3) is 0 Å². The fourth-order valence-electron chi connectivity index (χ4n) is 4.62. The van der Waals surface area contributed by atoms with Gasteiger partial charge in [0.05, 0.1) is 5.60 Å². The second-order valence-electron chi connectivity index (χ2n) is 8.14. The van der Waals surface area contributed by atoms with Crippen LogP contribution in [0.1, 0.15) is 42.9 Å². The topological polar surface area (TPSA) is 32.7 Å². The van der Waals surface area contributed by atoms with Crippen molar-refractivity contribution in [2.24, 2.45) is 5.92 Å². The van der Waals surface area contributed by atoms with E-state index in [4.69, 9.17) is 0 Å². The van der Waals surface area contributed by atoms with E-state index in [-0.39, 0.29) is 17.7 Å². The van der Waals surface area contributed by atoms with E-state index in [1.54, 1.807) is 12.1 Å². The SMILES string of the molecule is CN(C)C(c1ccccc1)C1CCCCC1(O)Cc1ccc(OC(F)(F)F)cc1. The van der Waals surface area contributed by atoms with E-state index in [1.807, 2.05) is 32.3 Å². The van der Waals surface area contributed by atoms with Gasteiger partial charge in [-0.2, -0.15) is 0 Å². The first kappa shape index (κ1) is 21.7. The van der Waals surface area contributed by atoms with Crippen molar-refractivity contribution in [2.75, 3.05) is 14.1 Å². The molecule has 0 aromatic heterocycles. The lowest BCUT2D eigenvalue weighted by atomic mass is 9.67. The molecule has 3 atom stereocenters. The zero-order valence-electron chi connectivity index (χ0n) is 16.8. The van der Waals surface area contributed by atoms with Crippen LogP contribution in [0.2, 0.25) is 0 Å². The molecule has 1 fully saturated rings. The number of benzene rings is 2. The normalized spacial score (nSPS) is 23.8. The summed E-state index contributed by atoms with van der Waals surface area (Å²) in [5, 5.41) is 11.7. The van der Waals surface area contributed by atoms with Crippen LogP contribution < -0.4 is 4.74 Å². The van der Waals surface area contributed by atoms with Gasteiger partial charge >= 0.3 is 6.36 Å². The number of alkyl halides is 3. The third-order valence-corrected chi connectivity index (χ3v) is 5.81. The summed E-state index contributed by atoms with van der Waals surface area (Å²) in [5.41, 5.74) is 1.05. The summed E-state index contributed by atoms with van der Waals surface area (Å²) < 4.78 is 41.1. The molecule has 0 saturated heterocycles. The Labute approximate surface area is 170 Å². The summed E-state index contributed by atoms with van der Waals surface area (Å²) in [7, 11) is 4.05. The minimum atomic E-state index is -4.71. The number of ether oxygens (including phenoxy) is 1. The Morgan fingerprint density at radius 1 is 1.07 bits per heavy atom. The minimum Gasteiger partial charge on any atom is -0.406 e. The minimum absolute atomic E-state index is 0.0275. The number of hydrogen-bond acceptors (Lipinski definition) is 3. The van der Waals surface area contributed by atoms with Crippen molar-refractivity contribution in [1.29, 1.82) is 0 Å². The molecule has 6 heteroatoms. The van der Waals surface area contributed by atoms with E-state index >= 15 is 0 Å². The van der Waals surface area contributed by atoms with Gasteiger partial charge in [0.2, 0.25) is 0 Å². The average Bonchev–Trinajstić information content (AvgIpc) is 2.65. The highest BCUT2D eigenvalue weighted by atomic mass is 19.4. The fourth-order valence-corrected chi connectivity index (χ4v) is 4.62. The number of aliphatic hydroxyl groups is 1. The second kappa shape index (κ2) is 8.76. The van der Waals surface area contributed by atoms with E-state index in [1.165, 1.54) is 12.1 Å². The van der Waals surface area contributed by atoms with E-state index in [2.05, 4.69) is 21.8 Å². The highest BCUT2D eigenvalue weighted by Crippen LogP contribution is 2.45. The Kier molecular flexibility index (Phi) is 6.54. The van der Waals surface area contributed by atoms with Crippen LogP contribution in [0.15, 0.2) is 54.6 Å². The van der Waals surface area contributed by atoms with Gasteiger partial charge in [-0.05, 0) is 50.2 Å². The van der Waals surface area contributed by atoms with Crippen molar-refractivity contribution in [1.82, 2.24) is 4.90 Å². The van der Waals surface area contributed by atoms with Gasteiger partial charge in [0.1, 0.15) is 5.75 Å². The summed E-state index contributed by atoms with van der Waals surface area (Å²) >= 11 is 0. The summed E-state index contributed by atoms with van der Waals surface area (Å²) in [4.78, 5) is 2.15. The molecule has 1 saturated carbocycles. The number of hydrogen-bond donors (Lipinski definition) is 1. The maximum Gasteiger partial charge on any atom is 0.573 e. The molecule has 3 unspecified atom stereocenters. The number of nitrogens with zero attached hydrogens (tertiary/aromatic N) is 1. The maximum absolute atomic E-state index is 12.4. The monoisotopic (exact) mass is 407 g/mol. The van der Waals surface area contributed by atoms with Crippen molar-refractivity contribution in [3.63, 3.8) is 0 Å². The van der Waals surface area contributed by atoms with Gasteiger partial charge in [-0.15, -0.1) is 13.2 Å². The van der Waals surface area contributed by atoms with E-state index in [0.717, 1.165) is 30.4 Å². The molecule has 1 aliphatic rings. The molecule has 1 aliphatic carbocycles. The number of rotatable bonds is 6. The standard InChI is InChI=1S/C23H28F3NO2/c1-27(2)21(18-8-4-3-5-9-18)20-10-6-7-15-22(20,28)16-17-11-13-19(14-12-17)29-23(24,25)26/h3-5,8-9,11-14,20-21,28H,6-7,10,15-16H2,1-2H3. The predicted molar refractivity (Wildman–Crippen MR) is 107 cm³/mol. The van der Waals surface area contributed by atoms with Crippen molar-refractivity contribution in [3.8, 4) is 5.75 Å². The lowest BCUT2D eigenvalue weighted by Crippen LogP contribution is -2.48. The fraction of sp³-hybridized carbons (Fsp3) is 0.478. The molecule has 1 N–H and O–H groups in total. The van der Waals surface area contributed by atoms with Gasteiger partial charge in [0, 0.05) is 18.4 Å². The molecule has 3 nitrogen and oxygen atoms in total. The quantitative estimate of drug-likeness (QED) is 0.701. The van der Waals surface area contributed by atoms with Gasteiger partial charge < -0.3 is 14.7 Å². The first-order valence-electron chi connectivity index (χ1n) is 9.96. The first-order chi connectivity index (χ1) is 13.7. The average molecular weight is 407 g/mol. The van der Waals surface area contributed by atoms with E-state index < -0.39 is 12.0 Å². The Balaban J connectivity index is 1.83. The van der Waals surface area contributed by atoms with Crippen LogP contribution >= 0.6 is 0 Å². The first-order valence-corrected chi connectivity index (χ1v) is 9.96. The molecule has 0 heterocycles. The molecule has 2 aromatic rings. The van der Waals surface area contributed by atoms with Gasteiger partial charge in [-0.1, -0.05) is 55.3 Å². The van der Waals surface area contributed by atoms with E-state index in [0.29, 0.717) is 12.8 Å². The van der Waals surface area contributed by atoms with Crippen LogP contribution in [-0.4, -0.2) is 36.1 Å². The molecule has 3 rings (SSSR count). The summed E-state index contributed by atoms with van der Waals surface area (Å²) in [5.74, 6) is -0.219. The van der Waals surface area contributed by atoms with Crippen LogP contribution in [0.5, 0.6) is 5.75 Å². The highest BCUT2D eigenvalue weighted by Gasteiger charge is 2.44. The van der Waals surface area contributed by atoms with E-state index in [9.17, 15) is 18.3 Å². The molecule has 29 heavy (non-hydrogen) atoms. The van der Waals surface area contributed by atoms with Crippen LogP contribution in [0.4, 0.5) is 13.2 Å². The molecular formula is C23H28F3NO2. The van der Waals surface area contributed by atoms with Crippen LogP contribution in [-0.2, 0) is 6.42 Å². The molecule has 0 spiro atoms. The molecule has 0 aliphatic heterocycles. The predicted octanol–water partition coefficient (Wildman–Crippen LogP) is 5.35. The zero-order chi connectivity index (χ0) is 21.1.